The Hall–Kier alpha value is -5.73. The van der Waals surface area contributed by atoms with Crippen LogP contribution in [0.15, 0.2) is 59.0 Å². The molecular weight excluding hydrogens is 556 g/mol. The van der Waals surface area contributed by atoms with Gasteiger partial charge in [-0.3, -0.25) is 14.7 Å². The molecule has 4 aromatic rings. The molecule has 1 saturated heterocycles. The first kappa shape index (κ1) is 28.8. The van der Waals surface area contributed by atoms with E-state index in [1.807, 2.05) is 35.2 Å². The van der Waals surface area contributed by atoms with Crippen molar-refractivity contribution < 1.29 is 23.9 Å². The van der Waals surface area contributed by atoms with Crippen molar-refractivity contribution in [3.05, 3.63) is 60.0 Å². The summed E-state index contributed by atoms with van der Waals surface area (Å²) < 4.78 is 10.5. The summed E-state index contributed by atoms with van der Waals surface area (Å²) in [5, 5.41) is 16.7. The highest BCUT2D eigenvalue weighted by molar-refractivity contribution is 6.45. The van der Waals surface area contributed by atoms with Gasteiger partial charge in [0.15, 0.2) is 0 Å². The number of esters is 1. The first-order valence-corrected chi connectivity index (χ1v) is 13.4. The summed E-state index contributed by atoms with van der Waals surface area (Å²) in [7, 11) is 1.44. The fraction of sp³-hybridized carbons (Fsp3) is 0.250. The van der Waals surface area contributed by atoms with Crippen LogP contribution < -0.4 is 15.6 Å². The molecule has 5 rings (SSSR count). The number of fused-ring (bicyclic) bond motifs is 1. The number of piperazine rings is 1. The number of Topliss-reactive ketones (excluding diaryl/α,β-unsaturated/α-hetero) is 1. The van der Waals surface area contributed by atoms with Crippen LogP contribution in [0.3, 0.4) is 0 Å². The zero-order valence-electron chi connectivity index (χ0n) is 23.6. The van der Waals surface area contributed by atoms with Gasteiger partial charge in [0.05, 0.1) is 42.1 Å². The number of aromatic nitrogens is 4. The highest BCUT2D eigenvalue weighted by Gasteiger charge is 2.32. The van der Waals surface area contributed by atoms with Crippen LogP contribution in [0.1, 0.15) is 27.8 Å². The number of ether oxygens (including phenoxy) is 2. The van der Waals surface area contributed by atoms with Crippen molar-refractivity contribution in [2.24, 2.45) is 16.0 Å². The number of methoxy groups -OCH3 is 1. The Morgan fingerprint density at radius 3 is 2.51 bits per heavy atom. The van der Waals surface area contributed by atoms with Crippen LogP contribution in [-0.2, 0) is 9.53 Å². The summed E-state index contributed by atoms with van der Waals surface area (Å²) in [5.74, 6) is 4.44. The van der Waals surface area contributed by atoms with Gasteiger partial charge in [-0.1, -0.05) is 18.2 Å². The summed E-state index contributed by atoms with van der Waals surface area (Å²) in [6, 6.07) is 10.8. The van der Waals surface area contributed by atoms with Crippen LogP contribution in [0.5, 0.6) is 5.75 Å². The summed E-state index contributed by atoms with van der Waals surface area (Å²) in [4.78, 5) is 49.9. The van der Waals surface area contributed by atoms with Crippen LogP contribution in [0.2, 0.25) is 0 Å². The van der Waals surface area contributed by atoms with E-state index >= 15 is 0 Å². The van der Waals surface area contributed by atoms with Crippen molar-refractivity contribution in [2.75, 3.05) is 44.9 Å². The Bertz CT molecular complexity index is 1690. The average molecular weight is 587 g/mol. The number of pyridine rings is 1. The van der Waals surface area contributed by atoms with Gasteiger partial charge in [0, 0.05) is 45.2 Å². The van der Waals surface area contributed by atoms with E-state index in [9.17, 15) is 14.4 Å². The number of H-pyrrole nitrogens is 2. The minimum absolute atomic E-state index is 0.124. The van der Waals surface area contributed by atoms with E-state index in [1.165, 1.54) is 35.5 Å². The summed E-state index contributed by atoms with van der Waals surface area (Å²) in [6.45, 7) is 6.77. The molecule has 1 aliphatic heterocycles. The van der Waals surface area contributed by atoms with Crippen LogP contribution in [0, 0.1) is 0 Å². The van der Waals surface area contributed by atoms with Gasteiger partial charge in [-0.05, 0) is 19.1 Å². The molecule has 4 N–H and O–H groups in total. The maximum Gasteiger partial charge on any atom is 0.356 e. The van der Waals surface area contributed by atoms with Crippen molar-refractivity contribution in [1.82, 2.24) is 30.0 Å². The van der Waals surface area contributed by atoms with Gasteiger partial charge >= 0.3 is 5.97 Å². The standard InChI is InChI=1S/C28H30N10O5/c1-4-43-27(41)20-14-19(34-35-20)23-24-22(21(42-3)16-32-23)18(15-31-24)25(39)26(40)36-10-12-37(13-11-36)28(33-29)38(30-2)17-8-6-5-7-9-17/h5-9,14-16,31H,2,4,10-13,29H2,1,3H3,(H,34,35)/b33-28-. The van der Waals surface area contributed by atoms with Gasteiger partial charge < -0.3 is 30.1 Å². The third-order valence-electron chi connectivity index (χ3n) is 6.95. The lowest BCUT2D eigenvalue weighted by molar-refractivity contribution is -0.127. The number of carbonyl (C=O) groups excluding carboxylic acids is 3. The second kappa shape index (κ2) is 12.4. The number of carbonyl (C=O) groups is 3. The Morgan fingerprint density at radius 2 is 1.86 bits per heavy atom. The topological polar surface area (TPSA) is 187 Å². The normalized spacial score (nSPS) is 13.6. The number of hydrogen-bond acceptors (Lipinski definition) is 10. The molecule has 4 heterocycles. The zero-order chi connectivity index (χ0) is 30.5. The fourth-order valence-electron chi connectivity index (χ4n) is 4.87. The Kier molecular flexibility index (Phi) is 8.32. The Morgan fingerprint density at radius 1 is 1.14 bits per heavy atom. The monoisotopic (exact) mass is 586 g/mol. The molecule has 0 saturated carbocycles. The maximum absolute atomic E-state index is 13.6. The van der Waals surface area contributed by atoms with Gasteiger partial charge in [0.1, 0.15) is 22.8 Å². The lowest BCUT2D eigenvalue weighted by Crippen LogP contribution is -2.55. The molecule has 0 spiro atoms. The van der Waals surface area contributed by atoms with Crippen molar-refractivity contribution in [3.63, 3.8) is 0 Å². The molecule has 15 nitrogen and oxygen atoms in total. The lowest BCUT2D eigenvalue weighted by atomic mass is 10.1. The van der Waals surface area contributed by atoms with E-state index in [0.717, 1.165) is 5.69 Å². The number of nitrogens with one attached hydrogen (secondary N) is 2. The number of rotatable bonds is 8. The van der Waals surface area contributed by atoms with Gasteiger partial charge in [-0.2, -0.15) is 15.2 Å². The lowest BCUT2D eigenvalue weighted by Gasteiger charge is -2.37. The second-order valence-electron chi connectivity index (χ2n) is 9.34. The van der Waals surface area contributed by atoms with Crippen LogP contribution in [0.25, 0.3) is 22.3 Å². The summed E-state index contributed by atoms with van der Waals surface area (Å²) in [6.07, 6.45) is 2.88. The fourth-order valence-corrected chi connectivity index (χ4v) is 4.87. The second-order valence-corrected chi connectivity index (χ2v) is 9.34. The van der Waals surface area contributed by atoms with E-state index < -0.39 is 17.7 Å². The predicted octanol–water partition coefficient (Wildman–Crippen LogP) is 1.82. The number of benzene rings is 1. The molecule has 0 aliphatic carbocycles. The maximum atomic E-state index is 13.6. The predicted molar refractivity (Wildman–Crippen MR) is 159 cm³/mol. The average Bonchev–Trinajstić information content (AvgIpc) is 3.72. The highest BCUT2D eigenvalue weighted by atomic mass is 16.5. The van der Waals surface area contributed by atoms with E-state index in [1.54, 1.807) is 6.92 Å². The molecular formula is C28H30N10O5. The number of para-hydroxylation sites is 1. The number of ketones is 1. The molecule has 0 atom stereocenters. The molecule has 15 heteroatoms. The Balaban J connectivity index is 1.35. The van der Waals surface area contributed by atoms with Crippen molar-refractivity contribution in [3.8, 4) is 17.1 Å². The van der Waals surface area contributed by atoms with Gasteiger partial charge in [0.2, 0.25) is 5.96 Å². The van der Waals surface area contributed by atoms with Gasteiger partial charge in [0.25, 0.3) is 11.7 Å². The molecule has 1 aliphatic rings. The zero-order valence-corrected chi connectivity index (χ0v) is 23.6. The first-order chi connectivity index (χ1) is 20.9. The Labute approximate surface area is 245 Å². The van der Waals surface area contributed by atoms with Crippen LogP contribution in [0.4, 0.5) is 5.69 Å². The minimum Gasteiger partial charge on any atom is -0.494 e. The van der Waals surface area contributed by atoms with Gasteiger partial charge in [-0.15, -0.1) is 5.10 Å². The third kappa shape index (κ3) is 5.47. The van der Waals surface area contributed by atoms with Crippen LogP contribution >= 0.6 is 0 Å². The number of aromatic amines is 2. The van der Waals surface area contributed by atoms with Gasteiger partial charge in [-0.25, -0.2) is 9.78 Å². The molecule has 0 radical (unpaired) electrons. The molecule has 1 amide bonds. The number of amides is 1. The van der Waals surface area contributed by atoms with E-state index in [0.29, 0.717) is 47.1 Å². The number of guanidine groups is 1. The van der Waals surface area contributed by atoms with E-state index in [4.69, 9.17) is 15.3 Å². The summed E-state index contributed by atoms with van der Waals surface area (Å²) in [5.41, 5.74) is 2.12. The molecule has 1 aromatic carbocycles. The largest absolute Gasteiger partial charge is 0.494 e. The quantitative estimate of drug-likeness (QED) is 0.0523. The van der Waals surface area contributed by atoms with Crippen molar-refractivity contribution in [2.45, 2.75) is 6.92 Å². The number of anilines is 1. The molecule has 3 aromatic heterocycles. The minimum atomic E-state index is -0.712. The number of hydrazone groups is 2. The van der Waals surface area contributed by atoms with Crippen molar-refractivity contribution in [1.29, 1.82) is 0 Å². The van der Waals surface area contributed by atoms with Crippen molar-refractivity contribution >= 4 is 46.9 Å². The number of nitrogens with two attached hydrogens (primary N) is 1. The molecule has 222 valence electrons. The molecule has 1 fully saturated rings. The number of hydrogen-bond donors (Lipinski definition) is 3. The summed E-state index contributed by atoms with van der Waals surface area (Å²) >= 11 is 0. The number of nitrogens with zero attached hydrogens (tertiary/aromatic N) is 7. The highest BCUT2D eigenvalue weighted by Crippen LogP contribution is 2.34. The molecule has 43 heavy (non-hydrogen) atoms. The van der Waals surface area contributed by atoms with Crippen LogP contribution in [-0.4, -0.2) is 100 Å². The first-order valence-electron chi connectivity index (χ1n) is 13.4. The smallest absolute Gasteiger partial charge is 0.356 e. The molecule has 0 unspecified atom stereocenters. The SMILES string of the molecule is C=NN(/C(=N\N)N1CCN(C(=O)C(=O)c2c[nH]c3c(-c4cc(C(=O)OCC)[nH]n4)ncc(OC)c23)CC1)c1ccccc1. The van der Waals surface area contributed by atoms with E-state index in [-0.39, 0.29) is 31.0 Å². The third-order valence-corrected chi connectivity index (χ3v) is 6.95. The molecule has 0 bridgehead atoms. The van der Waals surface area contributed by atoms with E-state index in [2.05, 4.69) is 37.1 Å².